The molecule has 0 aliphatic heterocycles. The summed E-state index contributed by atoms with van der Waals surface area (Å²) >= 11 is 0. The van der Waals surface area contributed by atoms with E-state index in [0.29, 0.717) is 12.4 Å². The van der Waals surface area contributed by atoms with Gasteiger partial charge in [0.15, 0.2) is 11.8 Å². The lowest BCUT2D eigenvalue weighted by Crippen LogP contribution is -2.43. The third-order valence-electron chi connectivity index (χ3n) is 5.16. The summed E-state index contributed by atoms with van der Waals surface area (Å²) in [6, 6.07) is 0. The van der Waals surface area contributed by atoms with Gasteiger partial charge in [-0.05, 0) is 26.2 Å². The van der Waals surface area contributed by atoms with Gasteiger partial charge in [-0.15, -0.1) is 0 Å². The van der Waals surface area contributed by atoms with Gasteiger partial charge in [-0.2, -0.15) is 4.98 Å². The predicted octanol–water partition coefficient (Wildman–Crippen LogP) is 2.33. The van der Waals surface area contributed by atoms with E-state index in [4.69, 9.17) is 9.52 Å². The molecule has 1 aliphatic rings. The van der Waals surface area contributed by atoms with Crippen LogP contribution in [0.15, 0.2) is 9.52 Å². The zero-order chi connectivity index (χ0) is 20.6. The van der Waals surface area contributed by atoms with Crippen LogP contribution >= 0.6 is 0 Å². The van der Waals surface area contributed by atoms with E-state index in [-0.39, 0.29) is 17.2 Å². The zero-order valence-electron chi connectivity index (χ0n) is 18.0. The fourth-order valence-electron chi connectivity index (χ4n) is 3.59. The molecule has 158 valence electrons. The highest BCUT2D eigenvalue weighted by atomic mass is 16.5. The Morgan fingerprint density at radius 2 is 2.00 bits per heavy atom. The molecule has 1 saturated carbocycles. The van der Waals surface area contributed by atoms with Crippen molar-refractivity contribution in [3.63, 3.8) is 0 Å². The van der Waals surface area contributed by atoms with Crippen molar-refractivity contribution in [3.8, 4) is 0 Å². The largest absolute Gasteiger partial charge is 0.357 e. The van der Waals surface area contributed by atoms with Crippen LogP contribution in [-0.4, -0.2) is 60.6 Å². The van der Waals surface area contributed by atoms with Crippen LogP contribution in [0.5, 0.6) is 0 Å². The van der Waals surface area contributed by atoms with E-state index < -0.39 is 0 Å². The fourth-order valence-corrected chi connectivity index (χ4v) is 3.59. The highest BCUT2D eigenvalue weighted by molar-refractivity contribution is 5.84. The maximum absolute atomic E-state index is 12.7. The van der Waals surface area contributed by atoms with Gasteiger partial charge < -0.3 is 20.1 Å². The quantitative estimate of drug-likeness (QED) is 0.380. The molecule has 1 heterocycles. The average molecular weight is 393 g/mol. The van der Waals surface area contributed by atoms with Gasteiger partial charge >= 0.3 is 0 Å². The monoisotopic (exact) mass is 392 g/mol. The number of nitrogens with one attached hydrogen (secondary N) is 2. The normalized spacial score (nSPS) is 16.4. The van der Waals surface area contributed by atoms with E-state index in [1.165, 1.54) is 0 Å². The fraction of sp³-hybridized carbons (Fsp3) is 0.800. The van der Waals surface area contributed by atoms with E-state index in [2.05, 4.69) is 20.8 Å². The molecule has 2 rings (SSSR count). The van der Waals surface area contributed by atoms with Crippen LogP contribution in [0.3, 0.4) is 0 Å². The van der Waals surface area contributed by atoms with Crippen molar-refractivity contribution < 1.29 is 9.32 Å². The number of amides is 1. The topological polar surface area (TPSA) is 95.7 Å². The van der Waals surface area contributed by atoms with Crippen LogP contribution in [0, 0.1) is 5.41 Å². The van der Waals surface area contributed by atoms with Crippen LogP contribution in [0.1, 0.15) is 70.5 Å². The molecule has 2 N–H and O–H groups in total. The summed E-state index contributed by atoms with van der Waals surface area (Å²) in [5.74, 6) is 2.66. The summed E-state index contributed by atoms with van der Waals surface area (Å²) in [7, 11) is 3.66. The first-order valence-electron chi connectivity index (χ1n) is 10.4. The van der Waals surface area contributed by atoms with E-state index in [0.717, 1.165) is 63.4 Å². The number of aryl methyl sites for hydroxylation is 1. The standard InChI is InChI=1S/C20H36N6O2/c1-6-21-19(22-13-9-10-16-24-17(15(2)3)25-28-16)23-14-20(11-7-8-12-20)18(27)26(4)5/h15H,6-14H2,1-5H3,(H2,21,22,23). The van der Waals surface area contributed by atoms with Crippen LogP contribution < -0.4 is 10.6 Å². The second kappa shape index (κ2) is 10.4. The van der Waals surface area contributed by atoms with Gasteiger partial charge in [0.25, 0.3) is 0 Å². The van der Waals surface area contributed by atoms with Crippen LogP contribution in [0.25, 0.3) is 0 Å². The molecule has 0 aromatic carbocycles. The molecule has 8 nitrogen and oxygen atoms in total. The molecule has 0 spiro atoms. The summed E-state index contributed by atoms with van der Waals surface area (Å²) in [4.78, 5) is 23.5. The summed E-state index contributed by atoms with van der Waals surface area (Å²) in [6.07, 6.45) is 5.63. The number of carbonyl (C=O) groups excluding carboxylic acids is 1. The Morgan fingerprint density at radius 1 is 1.29 bits per heavy atom. The molecule has 1 aliphatic carbocycles. The van der Waals surface area contributed by atoms with Crippen molar-refractivity contribution in [1.82, 2.24) is 25.7 Å². The van der Waals surface area contributed by atoms with Crippen molar-refractivity contribution in [2.75, 3.05) is 33.7 Å². The molecule has 0 radical (unpaired) electrons. The van der Waals surface area contributed by atoms with Crippen molar-refractivity contribution in [2.24, 2.45) is 10.4 Å². The Bertz CT molecular complexity index is 647. The number of hydrogen-bond donors (Lipinski definition) is 2. The third-order valence-corrected chi connectivity index (χ3v) is 5.16. The maximum Gasteiger partial charge on any atom is 0.230 e. The first-order chi connectivity index (χ1) is 13.4. The SMILES string of the molecule is CCNC(=NCC1(C(=O)N(C)C)CCCC1)NCCCc1nc(C(C)C)no1. The highest BCUT2D eigenvalue weighted by Crippen LogP contribution is 2.39. The minimum Gasteiger partial charge on any atom is -0.357 e. The number of guanidine groups is 1. The van der Waals surface area contributed by atoms with Gasteiger partial charge in [-0.25, -0.2) is 0 Å². The van der Waals surface area contributed by atoms with Crippen LogP contribution in [0.2, 0.25) is 0 Å². The Labute approximate surface area is 168 Å². The second-order valence-electron chi connectivity index (χ2n) is 8.11. The van der Waals surface area contributed by atoms with E-state index in [9.17, 15) is 4.79 Å². The van der Waals surface area contributed by atoms with Crippen molar-refractivity contribution in [2.45, 2.75) is 65.2 Å². The molecule has 0 atom stereocenters. The minimum atomic E-state index is -0.344. The van der Waals surface area contributed by atoms with Gasteiger partial charge in [0.1, 0.15) is 0 Å². The Kier molecular flexibility index (Phi) is 8.26. The molecule has 0 saturated heterocycles. The van der Waals surface area contributed by atoms with Gasteiger partial charge in [0.05, 0.1) is 12.0 Å². The lowest BCUT2D eigenvalue weighted by atomic mass is 9.85. The number of hydrogen-bond acceptors (Lipinski definition) is 5. The molecule has 1 aromatic heterocycles. The Morgan fingerprint density at radius 3 is 2.57 bits per heavy atom. The average Bonchev–Trinajstić information content (AvgIpc) is 3.32. The predicted molar refractivity (Wildman–Crippen MR) is 110 cm³/mol. The lowest BCUT2D eigenvalue weighted by molar-refractivity contribution is -0.138. The molecule has 0 bridgehead atoms. The third kappa shape index (κ3) is 5.94. The number of rotatable bonds is 9. The van der Waals surface area contributed by atoms with Crippen molar-refractivity contribution in [1.29, 1.82) is 0 Å². The molecule has 8 heteroatoms. The summed E-state index contributed by atoms with van der Waals surface area (Å²) in [5.41, 5.74) is -0.344. The summed E-state index contributed by atoms with van der Waals surface area (Å²) in [5, 5.41) is 10.6. The molecule has 0 unspecified atom stereocenters. The van der Waals surface area contributed by atoms with E-state index >= 15 is 0 Å². The summed E-state index contributed by atoms with van der Waals surface area (Å²) in [6.45, 7) is 8.20. The number of aromatic nitrogens is 2. The highest BCUT2D eigenvalue weighted by Gasteiger charge is 2.42. The Hall–Kier alpha value is -2.12. The van der Waals surface area contributed by atoms with Crippen LogP contribution in [-0.2, 0) is 11.2 Å². The van der Waals surface area contributed by atoms with Gasteiger partial charge in [0.2, 0.25) is 11.8 Å². The molecule has 1 amide bonds. The maximum atomic E-state index is 12.7. The van der Waals surface area contributed by atoms with E-state index in [1.54, 1.807) is 4.90 Å². The lowest BCUT2D eigenvalue weighted by Gasteiger charge is -2.29. The number of nitrogens with zero attached hydrogens (tertiary/aromatic N) is 4. The smallest absolute Gasteiger partial charge is 0.230 e. The van der Waals surface area contributed by atoms with Crippen LogP contribution in [0.4, 0.5) is 0 Å². The summed E-state index contributed by atoms with van der Waals surface area (Å²) < 4.78 is 5.28. The molecular weight excluding hydrogens is 356 g/mol. The van der Waals surface area contributed by atoms with Gasteiger partial charge in [0, 0.05) is 39.5 Å². The number of aliphatic imine (C=N–C) groups is 1. The molecular formula is C20H36N6O2. The minimum absolute atomic E-state index is 0.196. The first kappa shape index (κ1) is 22.2. The zero-order valence-corrected chi connectivity index (χ0v) is 18.0. The van der Waals surface area contributed by atoms with E-state index in [1.807, 2.05) is 34.9 Å². The number of carbonyl (C=O) groups is 1. The van der Waals surface area contributed by atoms with Crippen molar-refractivity contribution >= 4 is 11.9 Å². The van der Waals surface area contributed by atoms with Crippen molar-refractivity contribution in [3.05, 3.63) is 11.7 Å². The van der Waals surface area contributed by atoms with Gasteiger partial charge in [-0.1, -0.05) is 31.8 Å². The molecule has 1 fully saturated rings. The van der Waals surface area contributed by atoms with Gasteiger partial charge in [-0.3, -0.25) is 9.79 Å². The Balaban J connectivity index is 1.88. The second-order valence-corrected chi connectivity index (χ2v) is 8.11. The molecule has 1 aromatic rings. The first-order valence-corrected chi connectivity index (χ1v) is 10.4. The molecule has 28 heavy (non-hydrogen) atoms.